The molecule has 0 aliphatic heterocycles. The Balaban J connectivity index is 3.88. The highest BCUT2D eigenvalue weighted by molar-refractivity contribution is 4.90. The van der Waals surface area contributed by atoms with Crippen LogP contribution < -0.4 is 0 Å². The van der Waals surface area contributed by atoms with Gasteiger partial charge in [-0.15, -0.1) is 0 Å². The third-order valence-corrected chi connectivity index (χ3v) is 2.06. The van der Waals surface area contributed by atoms with E-state index in [4.69, 9.17) is 0 Å². The summed E-state index contributed by atoms with van der Waals surface area (Å²) in [6.07, 6.45) is 1.26. The summed E-state index contributed by atoms with van der Waals surface area (Å²) in [6, 6.07) is 0.584. The minimum atomic E-state index is 0.584. The van der Waals surface area contributed by atoms with Crippen LogP contribution in [0, 0.1) is 5.92 Å². The molecule has 0 aromatic heterocycles. The van der Waals surface area contributed by atoms with Crippen molar-refractivity contribution in [1.82, 2.24) is 4.90 Å². The number of allylic oxidation sites excluding steroid dienone is 1. The van der Waals surface area contributed by atoms with E-state index in [0.717, 1.165) is 12.5 Å². The van der Waals surface area contributed by atoms with Gasteiger partial charge in [-0.05, 0) is 33.1 Å². The highest BCUT2D eigenvalue weighted by atomic mass is 15.1. The molecular weight excluding hydrogens is 146 g/mol. The predicted molar refractivity (Wildman–Crippen MR) is 56.1 cm³/mol. The van der Waals surface area contributed by atoms with Gasteiger partial charge in [-0.1, -0.05) is 20.4 Å². The van der Waals surface area contributed by atoms with Crippen molar-refractivity contribution >= 4 is 0 Å². The first-order chi connectivity index (χ1) is 5.45. The van der Waals surface area contributed by atoms with E-state index in [1.54, 1.807) is 0 Å². The Morgan fingerprint density at radius 1 is 1.25 bits per heavy atom. The molecule has 0 aliphatic rings. The molecule has 1 nitrogen and oxygen atoms in total. The molecule has 0 aromatic carbocycles. The lowest BCUT2D eigenvalue weighted by Gasteiger charge is -2.29. The Bertz CT molecular complexity index is 136. The van der Waals surface area contributed by atoms with Gasteiger partial charge in [0.2, 0.25) is 0 Å². The fourth-order valence-corrected chi connectivity index (χ4v) is 1.29. The zero-order chi connectivity index (χ0) is 9.72. The van der Waals surface area contributed by atoms with Crippen LogP contribution in [-0.2, 0) is 0 Å². The SMILES string of the molecule is C=C(C)N(CCC(C)C)C(C)C. The zero-order valence-corrected chi connectivity index (χ0v) is 9.22. The van der Waals surface area contributed by atoms with E-state index in [-0.39, 0.29) is 0 Å². The predicted octanol–water partition coefficient (Wildman–Crippen LogP) is 3.28. The lowest BCUT2D eigenvalue weighted by Crippen LogP contribution is -2.30. The normalized spacial score (nSPS) is 10.9. The molecule has 0 unspecified atom stereocenters. The van der Waals surface area contributed by atoms with E-state index in [1.165, 1.54) is 12.1 Å². The van der Waals surface area contributed by atoms with Crippen LogP contribution in [0.4, 0.5) is 0 Å². The van der Waals surface area contributed by atoms with Gasteiger partial charge in [0, 0.05) is 18.3 Å². The average molecular weight is 169 g/mol. The van der Waals surface area contributed by atoms with Crippen LogP contribution >= 0.6 is 0 Å². The summed E-state index contributed by atoms with van der Waals surface area (Å²) in [5.74, 6) is 0.783. The van der Waals surface area contributed by atoms with E-state index in [9.17, 15) is 0 Å². The van der Waals surface area contributed by atoms with Crippen LogP contribution in [0.5, 0.6) is 0 Å². The lowest BCUT2D eigenvalue weighted by molar-refractivity contribution is 0.268. The van der Waals surface area contributed by atoms with Crippen molar-refractivity contribution in [3.63, 3.8) is 0 Å². The van der Waals surface area contributed by atoms with Crippen LogP contribution in [0.15, 0.2) is 12.3 Å². The summed E-state index contributed by atoms with van der Waals surface area (Å²) >= 11 is 0. The van der Waals surface area contributed by atoms with Crippen molar-refractivity contribution in [3.05, 3.63) is 12.3 Å². The van der Waals surface area contributed by atoms with Gasteiger partial charge in [0.25, 0.3) is 0 Å². The number of hydrogen-bond donors (Lipinski definition) is 0. The maximum absolute atomic E-state index is 3.98. The van der Waals surface area contributed by atoms with Crippen molar-refractivity contribution < 1.29 is 0 Å². The number of nitrogens with zero attached hydrogens (tertiary/aromatic N) is 1. The molecule has 0 aliphatic carbocycles. The highest BCUT2D eigenvalue weighted by Gasteiger charge is 2.08. The van der Waals surface area contributed by atoms with E-state index in [1.807, 2.05) is 0 Å². The summed E-state index contributed by atoms with van der Waals surface area (Å²) < 4.78 is 0. The Hall–Kier alpha value is -0.460. The standard InChI is InChI=1S/C11H23N/c1-9(2)7-8-12(10(3)4)11(5)6/h9,11H,3,7-8H2,1-2,4-6H3. The van der Waals surface area contributed by atoms with Crippen molar-refractivity contribution in [2.45, 2.75) is 47.1 Å². The Morgan fingerprint density at radius 2 is 1.75 bits per heavy atom. The molecular formula is C11H23N. The van der Waals surface area contributed by atoms with Gasteiger partial charge in [0.15, 0.2) is 0 Å². The fourth-order valence-electron chi connectivity index (χ4n) is 1.29. The molecule has 72 valence electrons. The van der Waals surface area contributed by atoms with Crippen LogP contribution in [0.25, 0.3) is 0 Å². The molecule has 0 radical (unpaired) electrons. The largest absolute Gasteiger partial charge is 0.373 e. The third-order valence-electron chi connectivity index (χ3n) is 2.06. The average Bonchev–Trinajstić information content (AvgIpc) is 1.84. The van der Waals surface area contributed by atoms with Gasteiger partial charge < -0.3 is 4.90 Å². The Morgan fingerprint density at radius 3 is 2.00 bits per heavy atom. The first kappa shape index (κ1) is 11.5. The van der Waals surface area contributed by atoms with Gasteiger partial charge in [-0.3, -0.25) is 0 Å². The number of rotatable bonds is 5. The molecule has 0 atom stereocenters. The summed E-state index contributed by atoms with van der Waals surface area (Å²) in [6.45, 7) is 16.2. The maximum Gasteiger partial charge on any atom is 0.0230 e. The third kappa shape index (κ3) is 4.42. The topological polar surface area (TPSA) is 3.24 Å². The van der Waals surface area contributed by atoms with Crippen molar-refractivity contribution in [3.8, 4) is 0 Å². The smallest absolute Gasteiger partial charge is 0.0230 e. The van der Waals surface area contributed by atoms with Gasteiger partial charge in [0.1, 0.15) is 0 Å². The van der Waals surface area contributed by atoms with Crippen LogP contribution in [0.3, 0.4) is 0 Å². The second kappa shape index (κ2) is 5.23. The molecule has 0 N–H and O–H groups in total. The summed E-state index contributed by atoms with van der Waals surface area (Å²) in [7, 11) is 0. The molecule has 0 rings (SSSR count). The van der Waals surface area contributed by atoms with E-state index in [2.05, 4.69) is 46.1 Å². The molecule has 0 fully saturated rings. The first-order valence-electron chi connectivity index (χ1n) is 4.87. The molecule has 12 heavy (non-hydrogen) atoms. The lowest BCUT2D eigenvalue weighted by atomic mass is 10.1. The van der Waals surface area contributed by atoms with Crippen molar-refractivity contribution in [2.75, 3.05) is 6.54 Å². The van der Waals surface area contributed by atoms with Crippen molar-refractivity contribution in [2.24, 2.45) is 5.92 Å². The minimum absolute atomic E-state index is 0.584. The number of hydrogen-bond acceptors (Lipinski definition) is 1. The Kier molecular flexibility index (Phi) is 5.03. The monoisotopic (exact) mass is 169 g/mol. The molecule has 0 saturated carbocycles. The second-order valence-corrected chi connectivity index (χ2v) is 4.20. The molecule has 1 heteroatoms. The quantitative estimate of drug-likeness (QED) is 0.610. The van der Waals surface area contributed by atoms with Gasteiger partial charge in [-0.2, -0.15) is 0 Å². The van der Waals surface area contributed by atoms with Crippen molar-refractivity contribution in [1.29, 1.82) is 0 Å². The summed E-state index contributed by atoms with van der Waals surface area (Å²) in [5, 5.41) is 0. The van der Waals surface area contributed by atoms with E-state index < -0.39 is 0 Å². The molecule has 0 heterocycles. The Labute approximate surface area is 77.5 Å². The second-order valence-electron chi connectivity index (χ2n) is 4.20. The molecule has 0 amide bonds. The summed E-state index contributed by atoms with van der Waals surface area (Å²) in [5.41, 5.74) is 1.19. The zero-order valence-electron chi connectivity index (χ0n) is 9.22. The van der Waals surface area contributed by atoms with Crippen LogP contribution in [0.2, 0.25) is 0 Å². The van der Waals surface area contributed by atoms with E-state index >= 15 is 0 Å². The molecule has 0 spiro atoms. The first-order valence-corrected chi connectivity index (χ1v) is 4.87. The highest BCUT2D eigenvalue weighted by Crippen LogP contribution is 2.10. The van der Waals surface area contributed by atoms with E-state index in [0.29, 0.717) is 6.04 Å². The van der Waals surface area contributed by atoms with Gasteiger partial charge in [-0.25, -0.2) is 0 Å². The summed E-state index contributed by atoms with van der Waals surface area (Å²) in [4.78, 5) is 2.36. The molecule has 0 bridgehead atoms. The minimum Gasteiger partial charge on any atom is -0.373 e. The van der Waals surface area contributed by atoms with Crippen LogP contribution in [-0.4, -0.2) is 17.5 Å². The van der Waals surface area contributed by atoms with Gasteiger partial charge >= 0.3 is 0 Å². The molecule has 0 saturated heterocycles. The maximum atomic E-state index is 3.98. The van der Waals surface area contributed by atoms with Crippen LogP contribution in [0.1, 0.15) is 41.0 Å². The fraction of sp³-hybridized carbons (Fsp3) is 0.818. The molecule has 0 aromatic rings. The van der Waals surface area contributed by atoms with Gasteiger partial charge in [0.05, 0.1) is 0 Å².